The van der Waals surface area contributed by atoms with Crippen molar-refractivity contribution in [2.24, 2.45) is 16.2 Å². The van der Waals surface area contributed by atoms with Crippen molar-refractivity contribution in [2.45, 2.75) is 62.8 Å². The van der Waals surface area contributed by atoms with Crippen LogP contribution in [0, 0.1) is 16.2 Å². The average molecular weight is 334 g/mol. The minimum atomic E-state index is -0.270. The zero-order chi connectivity index (χ0) is 13.3. The van der Waals surface area contributed by atoms with Crippen molar-refractivity contribution >= 4 is 27.5 Å². The summed E-state index contributed by atoms with van der Waals surface area (Å²) in [4.78, 5) is 0.161. The molecule has 4 aliphatic rings. The highest BCUT2D eigenvalue weighted by Gasteiger charge is 2.62. The van der Waals surface area contributed by atoms with Crippen molar-refractivity contribution in [1.82, 2.24) is 0 Å². The molecule has 5 atom stereocenters. The fraction of sp³-hybridized carbons (Fsp3) is 0.867. The van der Waals surface area contributed by atoms with E-state index in [0.29, 0.717) is 0 Å². The summed E-state index contributed by atoms with van der Waals surface area (Å²) < 4.78 is 0. The standard InChI is InChI=1S/C15H22BrClO/c1-13(2)12(16)10(18)6-9-7-14(3)4-5-15(9,13)8-11(14)17/h7,10-12,18H,4-6,8H2,1-3H3/t10-,11-,12-,14+,15-/m0/s1. The number of halogens is 2. The first-order valence-electron chi connectivity index (χ1n) is 6.91. The van der Waals surface area contributed by atoms with Gasteiger partial charge in [0.1, 0.15) is 0 Å². The van der Waals surface area contributed by atoms with Gasteiger partial charge in [-0.2, -0.15) is 0 Å². The molecule has 4 rings (SSSR count). The van der Waals surface area contributed by atoms with E-state index in [-0.39, 0.29) is 32.6 Å². The lowest BCUT2D eigenvalue weighted by molar-refractivity contribution is -0.0443. The van der Waals surface area contributed by atoms with Gasteiger partial charge in [-0.25, -0.2) is 0 Å². The second kappa shape index (κ2) is 3.77. The molecule has 2 fully saturated rings. The van der Waals surface area contributed by atoms with Crippen molar-refractivity contribution in [3.63, 3.8) is 0 Å². The van der Waals surface area contributed by atoms with Gasteiger partial charge in [0.15, 0.2) is 0 Å². The first kappa shape index (κ1) is 13.5. The van der Waals surface area contributed by atoms with Gasteiger partial charge < -0.3 is 5.11 Å². The Bertz CT molecular complexity index is 419. The minimum Gasteiger partial charge on any atom is -0.392 e. The molecule has 1 nitrogen and oxygen atoms in total. The third kappa shape index (κ3) is 1.43. The van der Waals surface area contributed by atoms with E-state index in [0.717, 1.165) is 12.8 Å². The minimum absolute atomic E-state index is 0.0609. The highest BCUT2D eigenvalue weighted by Crippen LogP contribution is 2.68. The molecule has 3 heteroatoms. The van der Waals surface area contributed by atoms with Gasteiger partial charge in [-0.05, 0) is 36.5 Å². The number of fused-ring (bicyclic) bond motifs is 2. The Morgan fingerprint density at radius 2 is 2.00 bits per heavy atom. The van der Waals surface area contributed by atoms with Crippen LogP contribution in [-0.4, -0.2) is 21.4 Å². The monoisotopic (exact) mass is 332 g/mol. The predicted octanol–water partition coefficient (Wildman–Crippen LogP) is 4.26. The van der Waals surface area contributed by atoms with Crippen LogP contribution in [0.25, 0.3) is 0 Å². The topological polar surface area (TPSA) is 20.2 Å². The van der Waals surface area contributed by atoms with Gasteiger partial charge >= 0.3 is 0 Å². The van der Waals surface area contributed by atoms with E-state index in [1.807, 2.05) is 0 Å². The highest BCUT2D eigenvalue weighted by molar-refractivity contribution is 9.09. The van der Waals surface area contributed by atoms with Crippen LogP contribution in [0.4, 0.5) is 0 Å². The number of alkyl halides is 2. The molecule has 18 heavy (non-hydrogen) atoms. The lowest BCUT2D eigenvalue weighted by atomic mass is 9.43. The Kier molecular flexibility index (Phi) is 2.82. The Balaban J connectivity index is 2.15. The van der Waals surface area contributed by atoms with Gasteiger partial charge in [0.05, 0.1) is 6.10 Å². The fourth-order valence-electron chi connectivity index (χ4n) is 4.60. The molecule has 0 aromatic rings. The molecule has 0 aromatic heterocycles. The zero-order valence-electron chi connectivity index (χ0n) is 11.3. The summed E-state index contributed by atoms with van der Waals surface area (Å²) in [6.07, 6.45) is 6.43. The van der Waals surface area contributed by atoms with Crippen LogP contribution in [0.1, 0.15) is 46.5 Å². The molecule has 1 N–H and O–H groups in total. The van der Waals surface area contributed by atoms with E-state index in [4.69, 9.17) is 11.6 Å². The van der Waals surface area contributed by atoms with Crippen LogP contribution in [0.3, 0.4) is 0 Å². The van der Waals surface area contributed by atoms with Gasteiger partial charge in [-0.1, -0.05) is 48.4 Å². The van der Waals surface area contributed by atoms with Crippen LogP contribution in [0.2, 0.25) is 0 Å². The molecular weight excluding hydrogens is 312 g/mol. The second-order valence-corrected chi connectivity index (χ2v) is 8.84. The van der Waals surface area contributed by atoms with Crippen molar-refractivity contribution in [2.75, 3.05) is 0 Å². The van der Waals surface area contributed by atoms with Gasteiger partial charge in [0, 0.05) is 15.6 Å². The third-order valence-electron chi connectivity index (χ3n) is 6.14. The second-order valence-electron chi connectivity index (χ2n) is 7.32. The molecule has 2 bridgehead atoms. The first-order chi connectivity index (χ1) is 8.23. The number of rotatable bonds is 0. The van der Waals surface area contributed by atoms with Crippen molar-refractivity contribution in [1.29, 1.82) is 0 Å². The van der Waals surface area contributed by atoms with Gasteiger partial charge in [-0.3, -0.25) is 0 Å². The molecule has 0 unspecified atom stereocenters. The van der Waals surface area contributed by atoms with E-state index in [2.05, 4.69) is 42.8 Å². The maximum Gasteiger partial charge on any atom is 0.0707 e. The number of hydrogen-bond acceptors (Lipinski definition) is 1. The Labute approximate surface area is 123 Å². The molecule has 0 radical (unpaired) electrons. The maximum atomic E-state index is 10.3. The fourth-order valence-corrected chi connectivity index (χ4v) is 5.66. The smallest absolute Gasteiger partial charge is 0.0707 e. The Hall–Kier alpha value is 0.470. The number of aliphatic hydroxyl groups excluding tert-OH is 1. The summed E-state index contributed by atoms with van der Waals surface area (Å²) in [6, 6.07) is 0. The van der Waals surface area contributed by atoms with E-state index >= 15 is 0 Å². The predicted molar refractivity (Wildman–Crippen MR) is 79.2 cm³/mol. The normalized spacial score (nSPS) is 53.9. The SMILES string of the molecule is CC1(C)[C@@H](Br)[C@@H](O)CC2=C[C@@]3(C)CC[C@]21C[C@@H]3Cl. The lowest BCUT2D eigenvalue weighted by Crippen LogP contribution is -2.60. The van der Waals surface area contributed by atoms with Crippen LogP contribution < -0.4 is 0 Å². The van der Waals surface area contributed by atoms with Crippen molar-refractivity contribution in [3.05, 3.63) is 11.6 Å². The number of hydrogen-bond donors (Lipinski definition) is 1. The first-order valence-corrected chi connectivity index (χ1v) is 8.27. The van der Waals surface area contributed by atoms with Crippen LogP contribution in [-0.2, 0) is 0 Å². The maximum absolute atomic E-state index is 10.3. The van der Waals surface area contributed by atoms with Gasteiger partial charge in [0.25, 0.3) is 0 Å². The third-order valence-corrected chi connectivity index (χ3v) is 8.55. The molecule has 0 saturated heterocycles. The lowest BCUT2D eigenvalue weighted by Gasteiger charge is -2.64. The molecular formula is C15H22BrClO. The van der Waals surface area contributed by atoms with Crippen molar-refractivity contribution in [3.8, 4) is 0 Å². The summed E-state index contributed by atoms with van der Waals surface area (Å²) in [5.74, 6) is 0. The summed E-state index contributed by atoms with van der Waals surface area (Å²) in [6.45, 7) is 6.86. The molecule has 1 spiro atoms. The molecule has 0 heterocycles. The molecule has 102 valence electrons. The Morgan fingerprint density at radius 1 is 1.33 bits per heavy atom. The summed E-state index contributed by atoms with van der Waals surface area (Å²) in [7, 11) is 0. The molecule has 0 aromatic carbocycles. The summed E-state index contributed by atoms with van der Waals surface area (Å²) in [5.41, 5.74) is 1.88. The van der Waals surface area contributed by atoms with E-state index < -0.39 is 0 Å². The average Bonchev–Trinajstić information content (AvgIpc) is 2.28. The van der Waals surface area contributed by atoms with E-state index in [1.54, 1.807) is 0 Å². The highest BCUT2D eigenvalue weighted by atomic mass is 79.9. The van der Waals surface area contributed by atoms with E-state index in [1.165, 1.54) is 18.4 Å². The number of aliphatic hydroxyl groups is 1. The molecule has 0 amide bonds. The van der Waals surface area contributed by atoms with Crippen LogP contribution >= 0.6 is 27.5 Å². The summed E-state index contributed by atoms with van der Waals surface area (Å²) >= 11 is 10.4. The Morgan fingerprint density at radius 3 is 2.61 bits per heavy atom. The number of allylic oxidation sites excluding steroid dienone is 1. The van der Waals surface area contributed by atoms with Gasteiger partial charge in [0.2, 0.25) is 0 Å². The molecule has 0 aliphatic heterocycles. The molecule has 4 aliphatic carbocycles. The largest absolute Gasteiger partial charge is 0.392 e. The quantitative estimate of drug-likeness (QED) is 0.518. The summed E-state index contributed by atoms with van der Waals surface area (Å²) in [5, 5.41) is 10.5. The zero-order valence-corrected chi connectivity index (χ0v) is 13.7. The van der Waals surface area contributed by atoms with E-state index in [9.17, 15) is 5.11 Å². The van der Waals surface area contributed by atoms with Crippen LogP contribution in [0.15, 0.2) is 11.6 Å². The van der Waals surface area contributed by atoms with Crippen molar-refractivity contribution < 1.29 is 5.11 Å². The van der Waals surface area contributed by atoms with Crippen LogP contribution in [0.5, 0.6) is 0 Å². The molecule has 2 saturated carbocycles. The van der Waals surface area contributed by atoms with Gasteiger partial charge in [-0.15, -0.1) is 11.6 Å².